The topological polar surface area (TPSA) is 36.9 Å². The summed E-state index contributed by atoms with van der Waals surface area (Å²) in [7, 11) is 0. The second kappa shape index (κ2) is 8.79. The van der Waals surface area contributed by atoms with Gasteiger partial charge in [0.05, 0.1) is 13.1 Å². The molecule has 5 heteroatoms. The van der Waals surface area contributed by atoms with Crippen molar-refractivity contribution in [3.8, 4) is 0 Å². The fraction of sp³-hybridized carbons (Fsp3) is 0.389. The van der Waals surface area contributed by atoms with E-state index >= 15 is 0 Å². The maximum absolute atomic E-state index is 13.1. The van der Waals surface area contributed by atoms with Crippen molar-refractivity contribution in [2.45, 2.75) is 33.4 Å². The molecular weight excluding hydrogens is 311 g/mol. The van der Waals surface area contributed by atoms with Crippen molar-refractivity contribution in [1.29, 1.82) is 0 Å². The Balaban J connectivity index is 2.08. The van der Waals surface area contributed by atoms with Gasteiger partial charge in [-0.1, -0.05) is 19.1 Å². The van der Waals surface area contributed by atoms with E-state index in [4.69, 9.17) is 0 Å². The lowest BCUT2D eigenvalue weighted by atomic mass is 10.2. The van der Waals surface area contributed by atoms with E-state index in [1.54, 1.807) is 23.5 Å². The number of carbonyl (C=O) groups excluding carboxylic acids is 1. The number of carbonyl (C=O) groups is 1. The van der Waals surface area contributed by atoms with Crippen LogP contribution in [-0.4, -0.2) is 23.9 Å². The normalized spacial score (nSPS) is 10.7. The number of hydrogen-bond acceptors (Lipinski definition) is 2. The number of benzene rings is 1. The Bertz CT molecular complexity index is 624. The molecule has 0 saturated carbocycles. The largest absolute Gasteiger partial charge is 0.338 e. The number of thiophene rings is 1. The molecule has 1 aromatic carbocycles. The molecule has 2 N–H and O–H groups in total. The predicted molar refractivity (Wildman–Crippen MR) is 91.7 cm³/mol. The molecule has 0 aliphatic heterocycles. The second-order valence-corrected chi connectivity index (χ2v) is 6.69. The Morgan fingerprint density at radius 3 is 2.57 bits per heavy atom. The Morgan fingerprint density at radius 2 is 1.96 bits per heavy atom. The van der Waals surface area contributed by atoms with Crippen molar-refractivity contribution in [3.63, 3.8) is 0 Å². The molecule has 0 atom stereocenters. The Morgan fingerprint density at radius 1 is 1.22 bits per heavy atom. The molecule has 23 heavy (non-hydrogen) atoms. The summed E-state index contributed by atoms with van der Waals surface area (Å²) in [6.07, 6.45) is 1.05. The zero-order valence-electron chi connectivity index (χ0n) is 13.7. The summed E-state index contributed by atoms with van der Waals surface area (Å²) in [5.41, 5.74) is 2.16. The van der Waals surface area contributed by atoms with Gasteiger partial charge in [0.25, 0.3) is 5.91 Å². The Labute approximate surface area is 141 Å². The van der Waals surface area contributed by atoms with Gasteiger partial charge in [-0.2, -0.15) is 0 Å². The number of hydrogen-bond donors (Lipinski definition) is 1. The summed E-state index contributed by atoms with van der Waals surface area (Å²) < 4.78 is 13.1. The summed E-state index contributed by atoms with van der Waals surface area (Å²) in [6, 6.07) is 8.44. The van der Waals surface area contributed by atoms with Gasteiger partial charge in [0.1, 0.15) is 5.82 Å². The van der Waals surface area contributed by atoms with Gasteiger partial charge in [0.15, 0.2) is 6.54 Å². The Kier molecular flexibility index (Phi) is 6.74. The van der Waals surface area contributed by atoms with Crippen molar-refractivity contribution >= 4 is 17.2 Å². The zero-order chi connectivity index (χ0) is 16.7. The maximum Gasteiger partial charge on any atom is 0.278 e. The van der Waals surface area contributed by atoms with Gasteiger partial charge in [-0.05, 0) is 48.1 Å². The number of rotatable bonds is 8. The number of quaternary nitrogens is 1. The molecule has 1 aromatic heterocycles. The Hall–Kier alpha value is -1.72. The van der Waals surface area contributed by atoms with E-state index in [2.05, 4.69) is 25.3 Å². The highest BCUT2D eigenvalue weighted by Gasteiger charge is 2.17. The van der Waals surface area contributed by atoms with Gasteiger partial charge in [0, 0.05) is 11.4 Å². The summed E-state index contributed by atoms with van der Waals surface area (Å²) in [5, 5.41) is 4.09. The lowest BCUT2D eigenvalue weighted by Crippen LogP contribution is -2.86. The molecule has 1 heterocycles. The summed E-state index contributed by atoms with van der Waals surface area (Å²) in [4.78, 5) is 15.6. The van der Waals surface area contributed by atoms with Gasteiger partial charge < -0.3 is 10.2 Å². The molecule has 0 bridgehead atoms. The molecule has 1 amide bonds. The van der Waals surface area contributed by atoms with E-state index in [1.807, 2.05) is 10.2 Å². The molecular formula is C18H24FN2OS+. The van der Waals surface area contributed by atoms with Crippen molar-refractivity contribution in [2.24, 2.45) is 0 Å². The molecule has 0 radical (unpaired) electrons. The lowest BCUT2D eigenvalue weighted by molar-refractivity contribution is -0.644. The third-order valence-corrected chi connectivity index (χ3v) is 4.76. The van der Waals surface area contributed by atoms with Gasteiger partial charge in [-0.25, -0.2) is 4.39 Å². The number of aryl methyl sites for hydroxylation is 1. The SMILES string of the molecule is CCC[NH2+]CC(=O)N(Cc1ccc(F)cc1)Cc1sccc1C. The molecule has 0 unspecified atom stereocenters. The van der Waals surface area contributed by atoms with Crippen LogP contribution in [0.15, 0.2) is 35.7 Å². The first-order chi connectivity index (χ1) is 11.1. The van der Waals surface area contributed by atoms with Crippen LogP contribution in [0.25, 0.3) is 0 Å². The van der Waals surface area contributed by atoms with Crippen molar-refractivity contribution in [1.82, 2.24) is 4.90 Å². The maximum atomic E-state index is 13.1. The van der Waals surface area contributed by atoms with Gasteiger partial charge >= 0.3 is 0 Å². The third kappa shape index (κ3) is 5.44. The minimum absolute atomic E-state index is 0.121. The van der Waals surface area contributed by atoms with Crippen LogP contribution in [0.3, 0.4) is 0 Å². The van der Waals surface area contributed by atoms with E-state index < -0.39 is 0 Å². The zero-order valence-corrected chi connectivity index (χ0v) is 14.5. The van der Waals surface area contributed by atoms with Crippen LogP contribution in [0.1, 0.15) is 29.3 Å². The van der Waals surface area contributed by atoms with E-state index in [-0.39, 0.29) is 11.7 Å². The molecule has 0 fully saturated rings. The third-order valence-electron chi connectivity index (χ3n) is 3.75. The van der Waals surface area contributed by atoms with Crippen molar-refractivity contribution < 1.29 is 14.5 Å². The molecule has 0 spiro atoms. The average Bonchev–Trinajstić information content (AvgIpc) is 2.94. The van der Waals surface area contributed by atoms with Crippen LogP contribution in [0.4, 0.5) is 4.39 Å². The quantitative estimate of drug-likeness (QED) is 0.740. The molecule has 0 aliphatic rings. The van der Waals surface area contributed by atoms with Crippen molar-refractivity contribution in [2.75, 3.05) is 13.1 Å². The standard InChI is InChI=1S/C18H23FN2OS/c1-3-9-20-11-18(22)21(13-17-14(2)8-10-23-17)12-15-4-6-16(19)7-5-15/h4-8,10,20H,3,9,11-13H2,1-2H3/p+1. The van der Waals surface area contributed by atoms with Crippen LogP contribution in [0, 0.1) is 12.7 Å². The molecule has 2 rings (SSSR count). The van der Waals surface area contributed by atoms with E-state index in [1.165, 1.54) is 22.6 Å². The molecule has 124 valence electrons. The number of amides is 1. The first-order valence-corrected chi connectivity index (χ1v) is 8.85. The predicted octanol–water partition coefficient (Wildman–Crippen LogP) is 2.70. The van der Waals surface area contributed by atoms with Gasteiger partial charge in [-0.15, -0.1) is 11.3 Å². The van der Waals surface area contributed by atoms with Gasteiger partial charge in [-0.3, -0.25) is 4.79 Å². The van der Waals surface area contributed by atoms with E-state index in [9.17, 15) is 9.18 Å². The fourth-order valence-corrected chi connectivity index (χ4v) is 3.26. The van der Waals surface area contributed by atoms with Crippen LogP contribution >= 0.6 is 11.3 Å². The number of nitrogens with two attached hydrogens (primary N) is 1. The molecule has 2 aromatic rings. The molecule has 0 saturated heterocycles. The van der Waals surface area contributed by atoms with Crippen LogP contribution < -0.4 is 5.32 Å². The average molecular weight is 335 g/mol. The smallest absolute Gasteiger partial charge is 0.278 e. The highest BCUT2D eigenvalue weighted by Crippen LogP contribution is 2.19. The first-order valence-electron chi connectivity index (χ1n) is 7.97. The lowest BCUT2D eigenvalue weighted by Gasteiger charge is -2.22. The highest BCUT2D eigenvalue weighted by molar-refractivity contribution is 7.10. The van der Waals surface area contributed by atoms with E-state index in [0.717, 1.165) is 18.5 Å². The van der Waals surface area contributed by atoms with Crippen LogP contribution in [-0.2, 0) is 17.9 Å². The minimum Gasteiger partial charge on any atom is -0.338 e. The molecule has 3 nitrogen and oxygen atoms in total. The number of halogens is 1. The second-order valence-electron chi connectivity index (χ2n) is 5.68. The van der Waals surface area contributed by atoms with Crippen molar-refractivity contribution in [3.05, 3.63) is 57.5 Å². The minimum atomic E-state index is -0.253. The highest BCUT2D eigenvalue weighted by atomic mass is 32.1. The van der Waals surface area contributed by atoms with Gasteiger partial charge in [0.2, 0.25) is 0 Å². The molecule has 0 aliphatic carbocycles. The summed E-state index contributed by atoms with van der Waals surface area (Å²) in [6.45, 7) is 6.70. The number of nitrogens with zero attached hydrogens (tertiary/aromatic N) is 1. The fourth-order valence-electron chi connectivity index (χ4n) is 2.34. The summed E-state index contributed by atoms with van der Waals surface area (Å²) in [5.74, 6) is -0.132. The van der Waals surface area contributed by atoms with Crippen LogP contribution in [0.5, 0.6) is 0 Å². The monoisotopic (exact) mass is 335 g/mol. The summed E-state index contributed by atoms with van der Waals surface area (Å²) >= 11 is 1.67. The first kappa shape index (κ1) is 17.6. The van der Waals surface area contributed by atoms with E-state index in [0.29, 0.717) is 19.6 Å². The van der Waals surface area contributed by atoms with Crippen LogP contribution in [0.2, 0.25) is 0 Å².